The Morgan fingerprint density at radius 1 is 0.811 bits per heavy atom. The lowest BCUT2D eigenvalue weighted by molar-refractivity contribution is -0.146. The number of carbonyl (C=O) groups is 2. The topological polar surface area (TPSA) is 85.6 Å². The molecule has 0 aliphatic carbocycles. The van der Waals surface area contributed by atoms with Crippen molar-refractivity contribution in [3.8, 4) is 22.9 Å². The molecule has 2 rings (SSSR count). The van der Waals surface area contributed by atoms with Gasteiger partial charge in [-0.05, 0) is 48.2 Å². The van der Waals surface area contributed by atoms with Crippen LogP contribution in [0.15, 0.2) is 61.2 Å². The maximum Gasteiger partial charge on any atom is 0.330 e. The summed E-state index contributed by atoms with van der Waals surface area (Å²) >= 11 is 5.84. The smallest absolute Gasteiger partial charge is 0.330 e. The van der Waals surface area contributed by atoms with Gasteiger partial charge in [-0.25, -0.2) is 4.79 Å². The van der Waals surface area contributed by atoms with E-state index in [9.17, 15) is 9.59 Å². The molecule has 6 nitrogen and oxygen atoms in total. The molecule has 0 heterocycles. The van der Waals surface area contributed by atoms with Crippen molar-refractivity contribution in [2.45, 2.75) is 63.2 Å². The summed E-state index contributed by atoms with van der Waals surface area (Å²) in [6, 6.07) is 17.8. The van der Waals surface area contributed by atoms with E-state index in [0.29, 0.717) is 12.2 Å². The molecular weight excluding hydrogens is 490 g/mol. The van der Waals surface area contributed by atoms with Crippen molar-refractivity contribution in [3.63, 3.8) is 0 Å². The van der Waals surface area contributed by atoms with Crippen LogP contribution in [0.1, 0.15) is 63.4 Å². The van der Waals surface area contributed by atoms with E-state index in [-0.39, 0.29) is 6.61 Å². The Labute approximate surface area is 225 Å². The van der Waals surface area contributed by atoms with Crippen molar-refractivity contribution in [2.24, 2.45) is 0 Å². The number of benzene rings is 2. The van der Waals surface area contributed by atoms with Gasteiger partial charge in [0.15, 0.2) is 5.38 Å². The van der Waals surface area contributed by atoms with Gasteiger partial charge in [0.2, 0.25) is 0 Å². The molecule has 0 radical (unpaired) electrons. The monoisotopic (exact) mass is 525 g/mol. The van der Waals surface area contributed by atoms with Crippen LogP contribution in [0.5, 0.6) is 5.75 Å². The van der Waals surface area contributed by atoms with Crippen molar-refractivity contribution in [3.05, 3.63) is 66.7 Å². The van der Waals surface area contributed by atoms with Crippen LogP contribution >= 0.6 is 11.6 Å². The van der Waals surface area contributed by atoms with Gasteiger partial charge in [-0.2, -0.15) is 5.26 Å². The molecule has 2 aromatic carbocycles. The van der Waals surface area contributed by atoms with Gasteiger partial charge in [-0.3, -0.25) is 4.79 Å². The first-order valence-corrected chi connectivity index (χ1v) is 13.3. The highest BCUT2D eigenvalue weighted by atomic mass is 35.5. The summed E-state index contributed by atoms with van der Waals surface area (Å²) < 4.78 is 15.7. The normalized spacial score (nSPS) is 11.2. The fourth-order valence-electron chi connectivity index (χ4n) is 3.66. The number of alkyl halides is 1. The van der Waals surface area contributed by atoms with Gasteiger partial charge in [-0.15, -0.1) is 11.6 Å². The van der Waals surface area contributed by atoms with E-state index in [4.69, 9.17) is 31.1 Å². The quantitative estimate of drug-likeness (QED) is 0.0901. The van der Waals surface area contributed by atoms with Crippen molar-refractivity contribution in [2.75, 3.05) is 19.8 Å². The second-order valence-electron chi connectivity index (χ2n) is 8.71. The SMILES string of the molecule is C=CC(=O)OCC(Cl)C(=O)OCCCCCCCCCCCOc1ccc(-c2ccc(C#N)cc2)cc1. The third kappa shape index (κ3) is 12.5. The van der Waals surface area contributed by atoms with Gasteiger partial charge in [-0.1, -0.05) is 75.8 Å². The van der Waals surface area contributed by atoms with Gasteiger partial charge in [0.05, 0.1) is 24.8 Å². The van der Waals surface area contributed by atoms with Crippen LogP contribution in [0.3, 0.4) is 0 Å². The summed E-state index contributed by atoms with van der Waals surface area (Å²) in [5, 5.41) is 7.92. The number of hydrogen-bond acceptors (Lipinski definition) is 6. The largest absolute Gasteiger partial charge is 0.494 e. The number of unbranched alkanes of at least 4 members (excludes halogenated alkanes) is 8. The second-order valence-corrected chi connectivity index (χ2v) is 9.24. The van der Waals surface area contributed by atoms with E-state index in [1.165, 1.54) is 25.7 Å². The van der Waals surface area contributed by atoms with Crippen molar-refractivity contribution in [1.29, 1.82) is 5.26 Å². The van der Waals surface area contributed by atoms with Crippen molar-refractivity contribution < 1.29 is 23.8 Å². The molecule has 0 saturated heterocycles. The number of carbonyl (C=O) groups excluding carboxylic acids is 2. The molecule has 198 valence electrons. The summed E-state index contributed by atoms with van der Waals surface area (Å²) in [4.78, 5) is 22.7. The van der Waals surface area contributed by atoms with E-state index in [1.807, 2.05) is 48.5 Å². The number of halogens is 1. The van der Waals surface area contributed by atoms with Gasteiger partial charge in [0.25, 0.3) is 0 Å². The summed E-state index contributed by atoms with van der Waals surface area (Å²) in [5.74, 6) is -0.307. The van der Waals surface area contributed by atoms with Gasteiger partial charge >= 0.3 is 11.9 Å². The first-order valence-electron chi connectivity index (χ1n) is 12.9. The molecule has 7 heteroatoms. The molecule has 0 spiro atoms. The van der Waals surface area contributed by atoms with Crippen LogP contribution in [0, 0.1) is 11.3 Å². The van der Waals surface area contributed by atoms with Crippen LogP contribution < -0.4 is 4.74 Å². The van der Waals surface area contributed by atoms with Crippen molar-refractivity contribution in [1.82, 2.24) is 0 Å². The van der Waals surface area contributed by atoms with Crippen LogP contribution in [-0.2, 0) is 19.1 Å². The Bertz CT molecular complexity index is 998. The molecule has 0 aliphatic rings. The van der Waals surface area contributed by atoms with Crippen LogP contribution in [0.25, 0.3) is 11.1 Å². The average Bonchev–Trinajstić information content (AvgIpc) is 2.94. The zero-order chi connectivity index (χ0) is 26.7. The maximum atomic E-state index is 11.7. The highest BCUT2D eigenvalue weighted by molar-refractivity contribution is 6.30. The molecule has 0 aromatic heterocycles. The van der Waals surface area contributed by atoms with Crippen LogP contribution in [0.4, 0.5) is 0 Å². The number of nitrogens with zero attached hydrogens (tertiary/aromatic N) is 1. The fourth-order valence-corrected chi connectivity index (χ4v) is 3.78. The lowest BCUT2D eigenvalue weighted by Gasteiger charge is -2.10. The molecule has 37 heavy (non-hydrogen) atoms. The van der Waals surface area contributed by atoms with E-state index in [1.54, 1.807) is 0 Å². The number of esters is 2. The predicted octanol–water partition coefficient (Wildman–Crippen LogP) is 6.99. The molecule has 0 aliphatic heterocycles. The summed E-state index contributed by atoms with van der Waals surface area (Å²) in [6.07, 6.45) is 10.9. The Balaban J connectivity index is 1.41. The third-order valence-corrected chi connectivity index (χ3v) is 6.10. The maximum absolute atomic E-state index is 11.7. The third-order valence-electron chi connectivity index (χ3n) is 5.80. The summed E-state index contributed by atoms with van der Waals surface area (Å²) in [7, 11) is 0. The minimum atomic E-state index is -0.991. The van der Waals surface area contributed by atoms with E-state index in [2.05, 4.69) is 12.6 Å². The first kappa shape index (κ1) is 29.9. The van der Waals surface area contributed by atoms with Crippen molar-refractivity contribution >= 4 is 23.5 Å². The Morgan fingerprint density at radius 2 is 1.32 bits per heavy atom. The standard InChI is InChI=1S/C30H36ClNO5/c1-2-29(33)37-23-28(31)30(34)36-21-11-9-7-5-3-4-6-8-10-20-35-27-18-16-26(17-19-27)25-14-12-24(22-32)13-15-25/h2,12-19,28H,1,3-11,20-21,23H2. The molecule has 1 atom stereocenters. The number of ether oxygens (including phenoxy) is 3. The summed E-state index contributed by atoms with van der Waals surface area (Å²) in [5.41, 5.74) is 2.85. The average molecular weight is 526 g/mol. The fraction of sp³-hybridized carbons (Fsp3) is 0.433. The van der Waals surface area contributed by atoms with Gasteiger partial charge in [0.1, 0.15) is 12.4 Å². The molecule has 0 fully saturated rings. The van der Waals surface area contributed by atoms with Gasteiger partial charge in [0, 0.05) is 6.08 Å². The van der Waals surface area contributed by atoms with E-state index in [0.717, 1.165) is 61.7 Å². The molecule has 0 N–H and O–H groups in total. The Hall–Kier alpha value is -3.30. The first-order chi connectivity index (χ1) is 18.0. The van der Waals surface area contributed by atoms with Crippen LogP contribution in [-0.4, -0.2) is 37.1 Å². The van der Waals surface area contributed by atoms with E-state index >= 15 is 0 Å². The Morgan fingerprint density at radius 3 is 1.86 bits per heavy atom. The molecule has 0 amide bonds. The highest BCUT2D eigenvalue weighted by Gasteiger charge is 2.18. The lowest BCUT2D eigenvalue weighted by Crippen LogP contribution is -2.24. The molecule has 1 unspecified atom stereocenters. The highest BCUT2D eigenvalue weighted by Crippen LogP contribution is 2.23. The summed E-state index contributed by atoms with van der Waals surface area (Å²) in [6.45, 7) is 4.10. The molecule has 0 bridgehead atoms. The Kier molecular flexibility index (Phi) is 14.6. The lowest BCUT2D eigenvalue weighted by atomic mass is 10.0. The second kappa shape index (κ2) is 18.0. The molecule has 2 aromatic rings. The number of nitriles is 1. The number of rotatable bonds is 18. The van der Waals surface area contributed by atoms with E-state index < -0.39 is 17.3 Å². The minimum absolute atomic E-state index is 0.217. The zero-order valence-electron chi connectivity index (χ0n) is 21.3. The molecular formula is C30H36ClNO5. The van der Waals surface area contributed by atoms with Crippen LogP contribution in [0.2, 0.25) is 0 Å². The predicted molar refractivity (Wildman–Crippen MR) is 145 cm³/mol. The zero-order valence-corrected chi connectivity index (χ0v) is 22.1. The number of hydrogen-bond donors (Lipinski definition) is 0. The molecule has 0 saturated carbocycles. The van der Waals surface area contributed by atoms with Gasteiger partial charge < -0.3 is 14.2 Å². The minimum Gasteiger partial charge on any atom is -0.494 e.